The fourth-order valence-corrected chi connectivity index (χ4v) is 10.6. The van der Waals surface area contributed by atoms with Crippen LogP contribution in [-0.4, -0.2) is 8.56 Å². The lowest BCUT2D eigenvalue weighted by atomic mass is 9.82. The summed E-state index contributed by atoms with van der Waals surface area (Å²) in [5, 5.41) is 7.88. The molecular formula is C41H29N2P. The van der Waals surface area contributed by atoms with E-state index in [-0.39, 0.29) is 5.41 Å². The molecule has 208 valence electrons. The molecule has 3 heteroatoms. The highest BCUT2D eigenvalue weighted by Gasteiger charge is 2.35. The summed E-state index contributed by atoms with van der Waals surface area (Å²) in [4.78, 5) is 0. The Labute approximate surface area is 256 Å². The van der Waals surface area contributed by atoms with E-state index in [1.54, 1.807) is 0 Å². The van der Waals surface area contributed by atoms with Crippen molar-refractivity contribution in [3.05, 3.63) is 151 Å². The predicted octanol–water partition coefficient (Wildman–Crippen LogP) is 11.6. The van der Waals surface area contributed by atoms with Gasteiger partial charge < -0.3 is 4.40 Å². The second kappa shape index (κ2) is 8.53. The number of aromatic nitrogens is 2. The number of hydrogen-bond donors (Lipinski definition) is 0. The van der Waals surface area contributed by atoms with Crippen molar-refractivity contribution in [3.8, 4) is 16.4 Å². The van der Waals surface area contributed by atoms with Gasteiger partial charge in [0.25, 0.3) is 0 Å². The Morgan fingerprint density at radius 3 is 2.02 bits per heavy atom. The Kier molecular flexibility index (Phi) is 4.73. The SMILES string of the molecule is CC1(C)c2ccccc2-c2ccc(-p3c4ccc5ccccc5c4n4c5ccccc5cc4c4cc5ccccc5n43)cc21. The summed E-state index contributed by atoms with van der Waals surface area (Å²) in [5.74, 6) is 0. The van der Waals surface area contributed by atoms with Gasteiger partial charge in [0.2, 0.25) is 0 Å². The third-order valence-electron chi connectivity index (χ3n) is 10.0. The van der Waals surface area contributed by atoms with Crippen molar-refractivity contribution in [2.75, 3.05) is 0 Å². The predicted molar refractivity (Wildman–Crippen MR) is 189 cm³/mol. The first-order valence-corrected chi connectivity index (χ1v) is 16.7. The summed E-state index contributed by atoms with van der Waals surface area (Å²) in [6.45, 7) is 4.77. The average molecular weight is 581 g/mol. The number of rotatable bonds is 1. The van der Waals surface area contributed by atoms with Crippen molar-refractivity contribution in [1.29, 1.82) is 0 Å². The normalized spacial score (nSPS) is 14.3. The molecule has 0 amide bonds. The molecule has 9 aromatic rings. The van der Waals surface area contributed by atoms with Crippen LogP contribution in [0.1, 0.15) is 25.0 Å². The van der Waals surface area contributed by atoms with E-state index < -0.39 is 7.69 Å². The molecule has 3 aromatic heterocycles. The van der Waals surface area contributed by atoms with Gasteiger partial charge in [-0.2, -0.15) is 0 Å². The molecule has 44 heavy (non-hydrogen) atoms. The minimum atomic E-state index is -0.965. The fraction of sp³-hybridized carbons (Fsp3) is 0.0732. The minimum absolute atomic E-state index is 0.0571. The maximum Gasteiger partial charge on any atom is 0.0741 e. The molecule has 0 saturated carbocycles. The molecule has 10 rings (SSSR count). The van der Waals surface area contributed by atoms with Crippen LogP contribution in [0.3, 0.4) is 0 Å². The van der Waals surface area contributed by atoms with Crippen molar-refractivity contribution in [3.63, 3.8) is 0 Å². The molecule has 0 saturated heterocycles. The van der Waals surface area contributed by atoms with Crippen molar-refractivity contribution in [1.82, 2.24) is 8.56 Å². The van der Waals surface area contributed by atoms with Crippen LogP contribution in [0.4, 0.5) is 0 Å². The van der Waals surface area contributed by atoms with Gasteiger partial charge in [0.1, 0.15) is 0 Å². The molecule has 1 atom stereocenters. The van der Waals surface area contributed by atoms with Gasteiger partial charge in [0.15, 0.2) is 0 Å². The topological polar surface area (TPSA) is 8.82 Å². The van der Waals surface area contributed by atoms with Crippen LogP contribution in [0, 0.1) is 0 Å². The summed E-state index contributed by atoms with van der Waals surface area (Å²) < 4.78 is 5.22. The largest absolute Gasteiger partial charge is 0.306 e. The van der Waals surface area contributed by atoms with Gasteiger partial charge in [-0.3, -0.25) is 4.16 Å². The first-order valence-electron chi connectivity index (χ1n) is 15.4. The molecule has 1 aliphatic carbocycles. The van der Waals surface area contributed by atoms with E-state index >= 15 is 0 Å². The molecular weight excluding hydrogens is 551 g/mol. The van der Waals surface area contributed by atoms with Crippen LogP contribution < -0.4 is 0 Å². The maximum atomic E-state index is 2.67. The summed E-state index contributed by atoms with van der Waals surface area (Å²) in [7, 11) is -0.965. The van der Waals surface area contributed by atoms with Gasteiger partial charge in [-0.1, -0.05) is 111 Å². The number of nitrogens with zero attached hydrogens (tertiary/aromatic N) is 2. The molecule has 0 radical (unpaired) electrons. The van der Waals surface area contributed by atoms with Crippen LogP contribution in [0.5, 0.6) is 0 Å². The van der Waals surface area contributed by atoms with E-state index in [9.17, 15) is 0 Å². The Balaban J connectivity index is 1.48. The van der Waals surface area contributed by atoms with Gasteiger partial charge in [0, 0.05) is 32.0 Å². The zero-order valence-corrected chi connectivity index (χ0v) is 25.5. The van der Waals surface area contributed by atoms with Crippen molar-refractivity contribution in [2.45, 2.75) is 19.3 Å². The quantitative estimate of drug-likeness (QED) is 0.183. The molecule has 2 nitrogen and oxygen atoms in total. The first kappa shape index (κ1) is 24.4. The van der Waals surface area contributed by atoms with E-state index in [1.807, 2.05) is 0 Å². The van der Waals surface area contributed by atoms with Gasteiger partial charge in [-0.05, 0) is 77.8 Å². The second-order valence-electron chi connectivity index (χ2n) is 12.7. The van der Waals surface area contributed by atoms with E-state index in [2.05, 4.69) is 162 Å². The van der Waals surface area contributed by atoms with E-state index in [0.29, 0.717) is 0 Å². The average Bonchev–Trinajstić information content (AvgIpc) is 3.67. The third-order valence-corrected chi connectivity index (χ3v) is 12.4. The fourth-order valence-electron chi connectivity index (χ4n) is 7.96. The van der Waals surface area contributed by atoms with Crippen molar-refractivity contribution >= 4 is 61.9 Å². The van der Waals surface area contributed by atoms with Gasteiger partial charge in [-0.15, -0.1) is 0 Å². The van der Waals surface area contributed by atoms with E-state index in [0.717, 1.165) is 0 Å². The molecule has 3 heterocycles. The molecule has 0 fully saturated rings. The van der Waals surface area contributed by atoms with Gasteiger partial charge >= 0.3 is 0 Å². The van der Waals surface area contributed by atoms with Crippen molar-refractivity contribution < 1.29 is 0 Å². The zero-order valence-electron chi connectivity index (χ0n) is 24.6. The van der Waals surface area contributed by atoms with Crippen LogP contribution in [0.25, 0.3) is 70.7 Å². The first-order chi connectivity index (χ1) is 21.6. The van der Waals surface area contributed by atoms with Crippen LogP contribution in [0.15, 0.2) is 140 Å². The zero-order chi connectivity index (χ0) is 29.2. The number of hydrogen-bond acceptors (Lipinski definition) is 0. The van der Waals surface area contributed by atoms with Crippen molar-refractivity contribution in [2.24, 2.45) is 0 Å². The molecule has 1 aliphatic rings. The lowest BCUT2D eigenvalue weighted by Gasteiger charge is -2.22. The highest BCUT2D eigenvalue weighted by molar-refractivity contribution is 7.59. The Bertz CT molecular complexity index is 2700. The molecule has 0 spiro atoms. The number of fused-ring (bicyclic) bond motifs is 14. The summed E-state index contributed by atoms with van der Waals surface area (Å²) in [6, 6.07) is 52.5. The maximum absolute atomic E-state index is 2.67. The monoisotopic (exact) mass is 580 g/mol. The standard InChI is InChI=1S/C41H29N2P/c1-41(2)33-16-8-7-15-31(33)32-21-20-29(25-34(32)41)44-39-22-19-26-11-3-6-14-30(26)40(39)42-35-17-9-4-12-27(35)23-37(42)38-24-28-13-5-10-18-36(28)43(38)44/h3-25H,1-2H3. The second-order valence-corrected chi connectivity index (χ2v) is 14.7. The van der Waals surface area contributed by atoms with Crippen LogP contribution in [-0.2, 0) is 5.41 Å². The smallest absolute Gasteiger partial charge is 0.0741 e. The Hall–Kier alpha value is -5.04. The van der Waals surface area contributed by atoms with E-state index in [1.165, 1.54) is 81.8 Å². The highest BCUT2D eigenvalue weighted by atomic mass is 31.1. The Morgan fingerprint density at radius 1 is 0.500 bits per heavy atom. The molecule has 6 aromatic carbocycles. The molecule has 0 bridgehead atoms. The van der Waals surface area contributed by atoms with Crippen LogP contribution in [0.2, 0.25) is 0 Å². The summed E-state index contributed by atoms with van der Waals surface area (Å²) >= 11 is 0. The number of para-hydroxylation sites is 2. The van der Waals surface area contributed by atoms with Crippen LogP contribution >= 0.6 is 7.69 Å². The summed E-state index contributed by atoms with van der Waals surface area (Å²) in [5.41, 5.74) is 11.9. The minimum Gasteiger partial charge on any atom is -0.306 e. The lowest BCUT2D eigenvalue weighted by molar-refractivity contribution is 0.661. The molecule has 0 aliphatic heterocycles. The molecule has 1 unspecified atom stereocenters. The number of benzene rings is 6. The Morgan fingerprint density at radius 2 is 1.16 bits per heavy atom. The highest BCUT2D eigenvalue weighted by Crippen LogP contribution is 2.54. The lowest BCUT2D eigenvalue weighted by Crippen LogP contribution is -2.14. The van der Waals surface area contributed by atoms with Gasteiger partial charge in [-0.25, -0.2) is 0 Å². The van der Waals surface area contributed by atoms with E-state index in [4.69, 9.17) is 0 Å². The molecule has 0 N–H and O–H groups in total. The van der Waals surface area contributed by atoms with Gasteiger partial charge in [0.05, 0.1) is 27.6 Å². The third kappa shape index (κ3) is 3.06. The summed E-state index contributed by atoms with van der Waals surface area (Å²) in [6.07, 6.45) is 0.